The van der Waals surface area contributed by atoms with Gasteiger partial charge in [-0.15, -0.1) is 0 Å². The maximum absolute atomic E-state index is 12.7. The number of rotatable bonds is 19. The van der Waals surface area contributed by atoms with Gasteiger partial charge in [0, 0.05) is 18.9 Å². The summed E-state index contributed by atoms with van der Waals surface area (Å²) in [6, 6.07) is 12.9. The van der Waals surface area contributed by atoms with Crippen LogP contribution >= 0.6 is 0 Å². The lowest BCUT2D eigenvalue weighted by Gasteiger charge is -2.24. The first-order valence-electron chi connectivity index (χ1n) is 13.7. The summed E-state index contributed by atoms with van der Waals surface area (Å²) < 4.78 is 22.5. The third-order valence-electron chi connectivity index (χ3n) is 6.05. The Bertz CT molecular complexity index is 1090. The fraction of sp³-hybridized carbons (Fsp3) is 0.406. The molecule has 0 bridgehead atoms. The number of carbonyl (C=O) groups is 3. The largest absolute Gasteiger partial charge is 0.488 e. The van der Waals surface area contributed by atoms with Crippen molar-refractivity contribution in [3.8, 4) is 17.2 Å². The summed E-state index contributed by atoms with van der Waals surface area (Å²) in [6.07, 6.45) is 5.55. The molecule has 3 unspecified atom stereocenters. The van der Waals surface area contributed by atoms with Crippen LogP contribution in [0.15, 0.2) is 73.3 Å². The maximum atomic E-state index is 12.7. The molecule has 2 aromatic rings. The number of esters is 2. The smallest absolute Gasteiger partial charge is 0.343 e. The Morgan fingerprint density at radius 3 is 2.08 bits per heavy atom. The number of hydrogen-bond acceptors (Lipinski definition) is 8. The van der Waals surface area contributed by atoms with E-state index in [4.69, 9.17) is 18.9 Å². The van der Waals surface area contributed by atoms with Gasteiger partial charge >= 0.3 is 11.9 Å². The van der Waals surface area contributed by atoms with E-state index >= 15 is 0 Å². The highest BCUT2D eigenvalue weighted by Gasteiger charge is 2.22. The minimum absolute atomic E-state index is 0.133. The molecule has 2 rings (SSSR count). The van der Waals surface area contributed by atoms with Gasteiger partial charge in [0.1, 0.15) is 29.6 Å². The van der Waals surface area contributed by atoms with Crippen molar-refractivity contribution in [2.75, 3.05) is 0 Å². The molecule has 0 spiro atoms. The van der Waals surface area contributed by atoms with Crippen LogP contribution in [0.25, 0.3) is 0 Å². The summed E-state index contributed by atoms with van der Waals surface area (Å²) in [5.74, 6) is 0.162. The highest BCUT2D eigenvalue weighted by Crippen LogP contribution is 2.23. The van der Waals surface area contributed by atoms with Gasteiger partial charge in [-0.3, -0.25) is 4.79 Å². The molecular weight excluding hydrogens is 512 g/mol. The molecule has 3 atom stereocenters. The number of aliphatic hydroxyl groups is 1. The van der Waals surface area contributed by atoms with Crippen molar-refractivity contribution in [3.05, 3.63) is 78.9 Å². The molecule has 0 aliphatic heterocycles. The van der Waals surface area contributed by atoms with E-state index in [9.17, 15) is 19.5 Å². The molecule has 0 radical (unpaired) electrons. The standard InChI is InChI=1S/C32H40O8/c1-5-8-10-11-29(28(34)21-23(4)22-33)37-25-15-13-24(14-16-25)32(36)39-27-19-17-26(18-20-27)38-31(12-9-6-2)40-30(35)7-3/h7,13-20,22,28-29,31,34H,3-6,8-12,21H2,1-2H3. The Hall–Kier alpha value is -3.91. The molecule has 40 heavy (non-hydrogen) atoms. The first-order chi connectivity index (χ1) is 19.3. The monoisotopic (exact) mass is 552 g/mol. The topological polar surface area (TPSA) is 108 Å². The first kappa shape index (κ1) is 32.3. The third-order valence-corrected chi connectivity index (χ3v) is 6.05. The molecule has 0 saturated carbocycles. The summed E-state index contributed by atoms with van der Waals surface area (Å²) in [7, 11) is 0. The van der Waals surface area contributed by atoms with Crippen molar-refractivity contribution in [3.63, 3.8) is 0 Å². The number of aliphatic hydroxyl groups excluding tert-OH is 1. The van der Waals surface area contributed by atoms with Gasteiger partial charge < -0.3 is 24.1 Å². The summed E-state index contributed by atoms with van der Waals surface area (Å²) in [6.45, 7) is 11.2. The summed E-state index contributed by atoms with van der Waals surface area (Å²) in [5, 5.41) is 10.6. The molecule has 0 amide bonds. The van der Waals surface area contributed by atoms with Gasteiger partial charge in [-0.2, -0.15) is 0 Å². The normalized spacial score (nSPS) is 12.9. The Balaban J connectivity index is 1.99. The van der Waals surface area contributed by atoms with Gasteiger partial charge in [0.05, 0.1) is 11.7 Å². The zero-order valence-electron chi connectivity index (χ0n) is 23.4. The molecule has 0 fully saturated rings. The van der Waals surface area contributed by atoms with E-state index in [1.54, 1.807) is 48.5 Å². The van der Waals surface area contributed by atoms with Gasteiger partial charge in [0.2, 0.25) is 6.29 Å². The molecule has 2 aromatic carbocycles. The number of carbonyl (C=O) groups excluding carboxylic acids is 3. The van der Waals surface area contributed by atoms with E-state index in [1.165, 1.54) is 0 Å². The van der Waals surface area contributed by atoms with Crippen molar-refractivity contribution in [1.82, 2.24) is 0 Å². The van der Waals surface area contributed by atoms with Crippen LogP contribution in [0.5, 0.6) is 17.2 Å². The van der Waals surface area contributed by atoms with Crippen LogP contribution in [-0.2, 0) is 14.3 Å². The van der Waals surface area contributed by atoms with Gasteiger partial charge in [0.25, 0.3) is 0 Å². The predicted molar refractivity (Wildman–Crippen MR) is 152 cm³/mol. The minimum Gasteiger partial charge on any atom is -0.488 e. The van der Waals surface area contributed by atoms with E-state index in [1.807, 2.05) is 6.92 Å². The highest BCUT2D eigenvalue weighted by molar-refractivity contribution is 5.91. The van der Waals surface area contributed by atoms with E-state index in [2.05, 4.69) is 20.1 Å². The summed E-state index contributed by atoms with van der Waals surface area (Å²) in [5.41, 5.74) is 0.628. The van der Waals surface area contributed by atoms with Gasteiger partial charge in [-0.1, -0.05) is 46.3 Å². The van der Waals surface area contributed by atoms with Crippen LogP contribution in [0.3, 0.4) is 0 Å². The van der Waals surface area contributed by atoms with Crippen molar-refractivity contribution >= 4 is 18.2 Å². The van der Waals surface area contributed by atoms with Crippen LogP contribution in [0, 0.1) is 0 Å². The summed E-state index contributed by atoms with van der Waals surface area (Å²) >= 11 is 0. The fourth-order valence-corrected chi connectivity index (χ4v) is 3.81. The van der Waals surface area contributed by atoms with Crippen molar-refractivity contribution in [2.24, 2.45) is 0 Å². The van der Waals surface area contributed by atoms with Gasteiger partial charge in [-0.25, -0.2) is 9.59 Å². The molecule has 0 heterocycles. The van der Waals surface area contributed by atoms with Crippen molar-refractivity contribution in [2.45, 2.75) is 83.7 Å². The highest BCUT2D eigenvalue weighted by atomic mass is 16.7. The van der Waals surface area contributed by atoms with Crippen LogP contribution in [0.4, 0.5) is 0 Å². The summed E-state index contributed by atoms with van der Waals surface area (Å²) in [4.78, 5) is 35.2. The van der Waals surface area contributed by atoms with Crippen molar-refractivity contribution < 1.29 is 38.4 Å². The predicted octanol–water partition coefficient (Wildman–Crippen LogP) is 6.36. The molecule has 8 nitrogen and oxygen atoms in total. The molecular formula is C32H40O8. The lowest BCUT2D eigenvalue weighted by atomic mass is 10.0. The maximum Gasteiger partial charge on any atom is 0.343 e. The Morgan fingerprint density at radius 2 is 1.48 bits per heavy atom. The quantitative estimate of drug-likeness (QED) is 0.0535. The molecule has 0 aliphatic rings. The average Bonchev–Trinajstić information content (AvgIpc) is 2.96. The zero-order chi connectivity index (χ0) is 29.3. The molecule has 216 valence electrons. The Morgan fingerprint density at radius 1 is 0.875 bits per heavy atom. The zero-order valence-corrected chi connectivity index (χ0v) is 23.4. The molecule has 0 aliphatic carbocycles. The Kier molecular flexibility index (Phi) is 14.2. The van der Waals surface area contributed by atoms with Gasteiger partial charge in [-0.05, 0) is 73.4 Å². The van der Waals surface area contributed by atoms with Gasteiger partial charge in [0.15, 0.2) is 0 Å². The lowest BCUT2D eigenvalue weighted by Crippen LogP contribution is -2.32. The molecule has 1 N–H and O–H groups in total. The third kappa shape index (κ3) is 11.5. The lowest BCUT2D eigenvalue weighted by molar-refractivity contribution is -0.158. The second-order valence-corrected chi connectivity index (χ2v) is 9.42. The van der Waals surface area contributed by atoms with E-state index < -0.39 is 30.4 Å². The number of ether oxygens (including phenoxy) is 4. The van der Waals surface area contributed by atoms with E-state index in [-0.39, 0.29) is 6.42 Å². The number of hydrogen-bond donors (Lipinski definition) is 1. The van der Waals surface area contributed by atoms with E-state index in [0.717, 1.165) is 38.2 Å². The Labute approximate surface area is 236 Å². The van der Waals surface area contributed by atoms with Crippen LogP contribution < -0.4 is 14.2 Å². The first-order valence-corrected chi connectivity index (χ1v) is 13.7. The minimum atomic E-state index is -0.873. The van der Waals surface area contributed by atoms with Crippen LogP contribution in [0.1, 0.15) is 75.6 Å². The number of unbranched alkanes of at least 4 members (excludes halogenated alkanes) is 3. The molecule has 0 saturated heterocycles. The number of benzene rings is 2. The van der Waals surface area contributed by atoms with Crippen LogP contribution in [-0.4, -0.2) is 41.8 Å². The average molecular weight is 553 g/mol. The molecule has 0 aromatic heterocycles. The van der Waals surface area contributed by atoms with Crippen LogP contribution in [0.2, 0.25) is 0 Å². The van der Waals surface area contributed by atoms with Crippen molar-refractivity contribution in [1.29, 1.82) is 0 Å². The SMILES string of the molecule is C=CC(=O)OC(CCCC)Oc1ccc(OC(=O)c2ccc(OC(CCCCC)C(O)CC(=C)C=O)cc2)cc1. The second-order valence-electron chi connectivity index (χ2n) is 9.42. The fourth-order valence-electron chi connectivity index (χ4n) is 3.81. The molecule has 8 heteroatoms. The van der Waals surface area contributed by atoms with E-state index in [0.29, 0.717) is 47.5 Å². The second kappa shape index (κ2) is 17.6. The number of aldehydes is 1.